The summed E-state index contributed by atoms with van der Waals surface area (Å²) in [6.07, 6.45) is 9.89. The SMILES string of the molecule is CCCNC1CCCc2cn(CCC(=O)N(C)C)cc21. The van der Waals surface area contributed by atoms with Crippen LogP contribution >= 0.6 is 0 Å². The molecule has 20 heavy (non-hydrogen) atoms. The van der Waals surface area contributed by atoms with E-state index in [9.17, 15) is 4.79 Å². The van der Waals surface area contributed by atoms with Crippen LogP contribution in [0.2, 0.25) is 0 Å². The number of carbonyl (C=O) groups excluding carboxylic acids is 1. The lowest BCUT2D eigenvalue weighted by Crippen LogP contribution is -2.25. The molecule has 1 aliphatic rings. The van der Waals surface area contributed by atoms with Gasteiger partial charge in [0, 0.05) is 45.5 Å². The maximum Gasteiger partial charge on any atom is 0.223 e. The molecule has 1 unspecified atom stereocenters. The molecule has 0 spiro atoms. The number of hydrogen-bond donors (Lipinski definition) is 1. The highest BCUT2D eigenvalue weighted by Gasteiger charge is 2.21. The minimum absolute atomic E-state index is 0.192. The van der Waals surface area contributed by atoms with Gasteiger partial charge in [-0.3, -0.25) is 4.79 Å². The summed E-state index contributed by atoms with van der Waals surface area (Å²) >= 11 is 0. The molecule has 0 aliphatic heterocycles. The van der Waals surface area contributed by atoms with Crippen LogP contribution in [0.4, 0.5) is 0 Å². The van der Waals surface area contributed by atoms with E-state index in [1.54, 1.807) is 4.90 Å². The summed E-state index contributed by atoms with van der Waals surface area (Å²) in [6.45, 7) is 4.06. The number of amides is 1. The van der Waals surface area contributed by atoms with Gasteiger partial charge in [-0.15, -0.1) is 0 Å². The van der Waals surface area contributed by atoms with E-state index < -0.39 is 0 Å². The minimum Gasteiger partial charge on any atom is -0.353 e. The maximum atomic E-state index is 11.7. The first kappa shape index (κ1) is 15.1. The number of carbonyl (C=O) groups is 1. The van der Waals surface area contributed by atoms with Gasteiger partial charge < -0.3 is 14.8 Å². The molecule has 1 aromatic heterocycles. The van der Waals surface area contributed by atoms with Crippen molar-refractivity contribution in [2.45, 2.75) is 51.6 Å². The number of nitrogens with one attached hydrogen (secondary N) is 1. The number of fused-ring (bicyclic) bond motifs is 1. The Morgan fingerprint density at radius 1 is 1.45 bits per heavy atom. The largest absolute Gasteiger partial charge is 0.353 e. The maximum absolute atomic E-state index is 11.7. The quantitative estimate of drug-likeness (QED) is 0.866. The predicted molar refractivity (Wildman–Crippen MR) is 81.7 cm³/mol. The lowest BCUT2D eigenvalue weighted by Gasteiger charge is -2.23. The van der Waals surface area contributed by atoms with Crippen molar-refractivity contribution in [2.24, 2.45) is 0 Å². The summed E-state index contributed by atoms with van der Waals surface area (Å²) in [5.41, 5.74) is 2.91. The van der Waals surface area contributed by atoms with Crippen molar-refractivity contribution in [3.05, 3.63) is 23.5 Å². The topological polar surface area (TPSA) is 37.3 Å². The van der Waals surface area contributed by atoms with Gasteiger partial charge in [-0.2, -0.15) is 0 Å². The van der Waals surface area contributed by atoms with Gasteiger partial charge in [-0.05, 0) is 43.4 Å². The molecule has 4 heteroatoms. The molecule has 0 saturated heterocycles. The minimum atomic E-state index is 0.192. The third-order valence-electron chi connectivity index (χ3n) is 4.04. The van der Waals surface area contributed by atoms with Crippen molar-refractivity contribution in [3.8, 4) is 0 Å². The lowest BCUT2D eigenvalue weighted by molar-refractivity contribution is -0.128. The molecular weight excluding hydrogens is 250 g/mol. The van der Waals surface area contributed by atoms with Crippen LogP contribution in [0.1, 0.15) is 49.8 Å². The molecule has 1 aromatic rings. The first-order valence-electron chi connectivity index (χ1n) is 7.74. The fourth-order valence-corrected chi connectivity index (χ4v) is 2.86. The second kappa shape index (κ2) is 6.93. The highest BCUT2D eigenvalue weighted by Crippen LogP contribution is 2.30. The second-order valence-electron chi connectivity index (χ2n) is 5.91. The van der Waals surface area contributed by atoms with Gasteiger partial charge in [0.05, 0.1) is 0 Å². The molecule has 0 fully saturated rings. The van der Waals surface area contributed by atoms with Crippen molar-refractivity contribution in [3.63, 3.8) is 0 Å². The van der Waals surface area contributed by atoms with Crippen molar-refractivity contribution in [2.75, 3.05) is 20.6 Å². The van der Waals surface area contributed by atoms with Crippen LogP contribution < -0.4 is 5.32 Å². The Balaban J connectivity index is 2.00. The monoisotopic (exact) mass is 277 g/mol. The van der Waals surface area contributed by atoms with E-state index in [-0.39, 0.29) is 5.91 Å². The van der Waals surface area contributed by atoms with Crippen LogP contribution in [0.25, 0.3) is 0 Å². The number of aryl methyl sites for hydroxylation is 2. The van der Waals surface area contributed by atoms with Gasteiger partial charge in [0.25, 0.3) is 0 Å². The van der Waals surface area contributed by atoms with Crippen LogP contribution in [0.3, 0.4) is 0 Å². The molecule has 0 radical (unpaired) electrons. The molecule has 1 amide bonds. The van der Waals surface area contributed by atoms with Crippen molar-refractivity contribution < 1.29 is 4.79 Å². The highest BCUT2D eigenvalue weighted by atomic mass is 16.2. The van der Waals surface area contributed by atoms with E-state index in [0.717, 1.165) is 13.1 Å². The van der Waals surface area contributed by atoms with Crippen LogP contribution in [0.15, 0.2) is 12.4 Å². The fraction of sp³-hybridized carbons (Fsp3) is 0.688. The van der Waals surface area contributed by atoms with E-state index in [2.05, 4.69) is 29.2 Å². The number of hydrogen-bond acceptors (Lipinski definition) is 2. The van der Waals surface area contributed by atoms with Crippen molar-refractivity contribution in [1.82, 2.24) is 14.8 Å². The van der Waals surface area contributed by atoms with Crippen LogP contribution in [0, 0.1) is 0 Å². The van der Waals surface area contributed by atoms with Gasteiger partial charge >= 0.3 is 0 Å². The summed E-state index contributed by atoms with van der Waals surface area (Å²) in [6, 6.07) is 0.504. The summed E-state index contributed by atoms with van der Waals surface area (Å²) in [5, 5.41) is 3.64. The second-order valence-corrected chi connectivity index (χ2v) is 5.91. The van der Waals surface area contributed by atoms with Gasteiger partial charge in [0.1, 0.15) is 0 Å². The molecule has 0 aromatic carbocycles. The molecule has 4 nitrogen and oxygen atoms in total. The molecule has 0 saturated carbocycles. The number of nitrogens with zero attached hydrogens (tertiary/aromatic N) is 2. The Kier molecular flexibility index (Phi) is 5.24. The van der Waals surface area contributed by atoms with Gasteiger partial charge in [0.15, 0.2) is 0 Å². The van der Waals surface area contributed by atoms with Crippen molar-refractivity contribution >= 4 is 5.91 Å². The molecule has 1 heterocycles. The smallest absolute Gasteiger partial charge is 0.223 e. The summed E-state index contributed by atoms with van der Waals surface area (Å²) < 4.78 is 2.19. The number of aromatic nitrogens is 1. The first-order valence-corrected chi connectivity index (χ1v) is 7.74. The third-order valence-corrected chi connectivity index (χ3v) is 4.04. The van der Waals surface area contributed by atoms with E-state index in [1.807, 2.05) is 14.1 Å². The Hall–Kier alpha value is -1.29. The zero-order valence-electron chi connectivity index (χ0n) is 13.0. The summed E-state index contributed by atoms with van der Waals surface area (Å²) in [7, 11) is 3.63. The summed E-state index contributed by atoms with van der Waals surface area (Å²) in [5.74, 6) is 0.192. The van der Waals surface area contributed by atoms with Gasteiger partial charge in [-0.25, -0.2) is 0 Å². The van der Waals surface area contributed by atoms with Gasteiger partial charge in [0.2, 0.25) is 5.91 Å². The standard InChI is InChI=1S/C16H27N3O/c1-4-9-17-15-7-5-6-13-11-19(12-14(13)15)10-8-16(20)18(2)3/h11-12,15,17H,4-10H2,1-3H3. The van der Waals surface area contributed by atoms with Crippen LogP contribution in [0.5, 0.6) is 0 Å². The molecule has 1 aliphatic carbocycles. The number of rotatable bonds is 6. The Morgan fingerprint density at radius 2 is 2.25 bits per heavy atom. The van der Waals surface area contributed by atoms with Gasteiger partial charge in [-0.1, -0.05) is 6.92 Å². The van der Waals surface area contributed by atoms with E-state index in [1.165, 1.54) is 36.8 Å². The zero-order valence-corrected chi connectivity index (χ0v) is 13.0. The normalized spacial score (nSPS) is 17.9. The first-order chi connectivity index (χ1) is 9.61. The molecule has 1 N–H and O–H groups in total. The molecular formula is C16H27N3O. The highest BCUT2D eigenvalue weighted by molar-refractivity contribution is 5.75. The van der Waals surface area contributed by atoms with E-state index >= 15 is 0 Å². The average molecular weight is 277 g/mol. The third kappa shape index (κ3) is 3.63. The Labute approximate surface area is 122 Å². The average Bonchev–Trinajstić information content (AvgIpc) is 2.85. The molecule has 112 valence electrons. The van der Waals surface area contributed by atoms with E-state index in [0.29, 0.717) is 12.5 Å². The molecule has 0 bridgehead atoms. The Morgan fingerprint density at radius 3 is 2.95 bits per heavy atom. The van der Waals surface area contributed by atoms with Crippen molar-refractivity contribution in [1.29, 1.82) is 0 Å². The zero-order chi connectivity index (χ0) is 14.5. The fourth-order valence-electron chi connectivity index (χ4n) is 2.86. The predicted octanol–water partition coefficient (Wildman–Crippen LogP) is 2.34. The van der Waals surface area contributed by atoms with E-state index in [4.69, 9.17) is 0 Å². The van der Waals surface area contributed by atoms with Crippen LogP contribution in [-0.4, -0.2) is 36.0 Å². The van der Waals surface area contributed by atoms with Crippen LogP contribution in [-0.2, 0) is 17.8 Å². The molecule has 2 rings (SSSR count). The Bertz CT molecular complexity index is 451. The summed E-state index contributed by atoms with van der Waals surface area (Å²) in [4.78, 5) is 13.3. The lowest BCUT2D eigenvalue weighted by atomic mass is 9.91. The molecule has 1 atom stereocenters.